The first-order chi connectivity index (χ1) is 13.0. The third kappa shape index (κ3) is 4.85. The number of esters is 1. The Hall–Kier alpha value is -3.34. The molecule has 0 saturated heterocycles. The molecule has 0 bridgehead atoms. The largest absolute Gasteiger partial charge is 0.459 e. The summed E-state index contributed by atoms with van der Waals surface area (Å²) < 4.78 is 10.4. The molecule has 0 atom stereocenters. The molecule has 0 unspecified atom stereocenters. The van der Waals surface area contributed by atoms with Crippen LogP contribution in [0.15, 0.2) is 71.3 Å². The van der Waals surface area contributed by atoms with E-state index in [-0.39, 0.29) is 18.3 Å². The van der Waals surface area contributed by atoms with Crippen LogP contribution in [-0.2, 0) is 11.3 Å². The van der Waals surface area contributed by atoms with Crippen LogP contribution in [0.3, 0.4) is 0 Å². The van der Waals surface area contributed by atoms with Gasteiger partial charge >= 0.3 is 5.97 Å². The van der Waals surface area contributed by atoms with Gasteiger partial charge in [-0.05, 0) is 53.4 Å². The lowest BCUT2D eigenvalue weighted by atomic mass is 10.0. The highest BCUT2D eigenvalue weighted by atomic mass is 16.5. The topological polar surface area (TPSA) is 68.5 Å². The maximum absolute atomic E-state index is 12.2. The van der Waals surface area contributed by atoms with E-state index in [2.05, 4.69) is 19.2 Å². The second-order valence-corrected chi connectivity index (χ2v) is 6.48. The number of hydrogen-bond acceptors (Lipinski definition) is 4. The highest BCUT2D eigenvalue weighted by Gasteiger charge is 2.11. The Labute approximate surface area is 158 Å². The second kappa shape index (κ2) is 8.36. The molecule has 138 valence electrons. The van der Waals surface area contributed by atoms with Crippen molar-refractivity contribution in [3.05, 3.63) is 89.4 Å². The summed E-state index contributed by atoms with van der Waals surface area (Å²) in [6.45, 7) is 4.49. The van der Waals surface area contributed by atoms with Crippen molar-refractivity contribution >= 4 is 17.6 Å². The van der Waals surface area contributed by atoms with Gasteiger partial charge in [-0.3, -0.25) is 4.79 Å². The summed E-state index contributed by atoms with van der Waals surface area (Å²) in [5.41, 5.74) is 3.18. The molecule has 0 spiro atoms. The van der Waals surface area contributed by atoms with Crippen LogP contribution in [0, 0.1) is 0 Å². The first kappa shape index (κ1) is 18.5. The monoisotopic (exact) mass is 363 g/mol. The zero-order valence-corrected chi connectivity index (χ0v) is 15.3. The molecule has 0 fully saturated rings. The van der Waals surface area contributed by atoms with Crippen LogP contribution >= 0.6 is 0 Å². The number of carbonyl (C=O) groups is 2. The summed E-state index contributed by atoms with van der Waals surface area (Å²) in [6.07, 6.45) is 1.43. The number of nitrogens with one attached hydrogen (secondary N) is 1. The van der Waals surface area contributed by atoms with Crippen LogP contribution in [0.25, 0.3) is 0 Å². The molecule has 1 amide bonds. The molecule has 2 aromatic carbocycles. The van der Waals surface area contributed by atoms with Crippen LogP contribution in [0.4, 0.5) is 5.69 Å². The van der Waals surface area contributed by atoms with Crippen molar-refractivity contribution < 1.29 is 18.7 Å². The lowest BCUT2D eigenvalue weighted by Gasteiger charge is -2.08. The van der Waals surface area contributed by atoms with E-state index in [1.165, 1.54) is 11.8 Å². The number of anilines is 1. The second-order valence-electron chi connectivity index (χ2n) is 6.48. The fourth-order valence-corrected chi connectivity index (χ4v) is 2.52. The number of furan rings is 1. The molecule has 5 nitrogen and oxygen atoms in total. The summed E-state index contributed by atoms with van der Waals surface area (Å²) in [5.74, 6) is -0.0672. The maximum atomic E-state index is 12.2. The van der Waals surface area contributed by atoms with E-state index in [4.69, 9.17) is 9.15 Å². The average Bonchev–Trinajstić information content (AvgIpc) is 3.22. The summed E-state index contributed by atoms with van der Waals surface area (Å²) in [6, 6.07) is 17.8. The van der Waals surface area contributed by atoms with Gasteiger partial charge in [0.05, 0.1) is 11.8 Å². The molecule has 0 aliphatic rings. The zero-order valence-electron chi connectivity index (χ0n) is 15.3. The maximum Gasteiger partial charge on any atom is 0.338 e. The van der Waals surface area contributed by atoms with Crippen LogP contribution < -0.4 is 5.32 Å². The first-order valence-corrected chi connectivity index (χ1v) is 8.74. The van der Waals surface area contributed by atoms with E-state index in [1.807, 2.05) is 24.3 Å². The van der Waals surface area contributed by atoms with E-state index in [0.717, 1.165) is 5.56 Å². The van der Waals surface area contributed by atoms with E-state index in [0.29, 0.717) is 17.2 Å². The molecular formula is C22H21NO4. The first-order valence-electron chi connectivity index (χ1n) is 8.74. The van der Waals surface area contributed by atoms with Gasteiger partial charge in [0.25, 0.3) is 5.91 Å². The Morgan fingerprint density at radius 3 is 2.30 bits per heavy atom. The van der Waals surface area contributed by atoms with Gasteiger partial charge in [-0.15, -0.1) is 0 Å². The van der Waals surface area contributed by atoms with Crippen molar-refractivity contribution in [2.75, 3.05) is 5.32 Å². The van der Waals surface area contributed by atoms with Gasteiger partial charge in [0.2, 0.25) is 0 Å². The highest BCUT2D eigenvalue weighted by Crippen LogP contribution is 2.16. The normalized spacial score (nSPS) is 10.6. The van der Waals surface area contributed by atoms with E-state index in [1.54, 1.807) is 36.4 Å². The lowest BCUT2D eigenvalue weighted by molar-refractivity contribution is 0.0472. The van der Waals surface area contributed by atoms with Gasteiger partial charge in [-0.1, -0.05) is 38.1 Å². The lowest BCUT2D eigenvalue weighted by Crippen LogP contribution is -2.11. The number of amides is 1. The number of rotatable bonds is 6. The fourth-order valence-electron chi connectivity index (χ4n) is 2.52. The minimum absolute atomic E-state index is 0.216. The zero-order chi connectivity index (χ0) is 19.2. The minimum atomic E-state index is -0.410. The van der Waals surface area contributed by atoms with Crippen LogP contribution in [0.5, 0.6) is 0 Å². The molecule has 1 aromatic heterocycles. The number of hydrogen-bond donors (Lipinski definition) is 1. The molecule has 1 heterocycles. The van der Waals surface area contributed by atoms with Gasteiger partial charge in [-0.25, -0.2) is 4.79 Å². The van der Waals surface area contributed by atoms with Gasteiger partial charge in [0.15, 0.2) is 5.76 Å². The predicted octanol–water partition coefficient (Wildman–Crippen LogP) is 5.01. The van der Waals surface area contributed by atoms with Crippen molar-refractivity contribution in [1.82, 2.24) is 0 Å². The molecule has 0 saturated carbocycles. The van der Waals surface area contributed by atoms with Gasteiger partial charge in [-0.2, -0.15) is 0 Å². The molecule has 27 heavy (non-hydrogen) atoms. The molecule has 0 aliphatic carbocycles. The Morgan fingerprint density at radius 2 is 1.70 bits per heavy atom. The van der Waals surface area contributed by atoms with Crippen molar-refractivity contribution in [3.63, 3.8) is 0 Å². The van der Waals surface area contributed by atoms with Crippen LogP contribution in [0.1, 0.15) is 51.8 Å². The fraction of sp³-hybridized carbons (Fsp3) is 0.182. The standard InChI is InChI=1S/C22H21NO4/c1-15(2)17-7-5-16(6-8-17)14-27-22(25)18-9-11-19(12-10-18)23-21(24)20-4-3-13-26-20/h3-13,15H,14H2,1-2H3,(H,23,24). The SMILES string of the molecule is CC(C)c1ccc(COC(=O)c2ccc(NC(=O)c3ccco3)cc2)cc1. The molecule has 5 heteroatoms. The van der Waals surface area contributed by atoms with Crippen molar-refractivity contribution in [3.8, 4) is 0 Å². The molecule has 3 aromatic rings. The van der Waals surface area contributed by atoms with Crippen LogP contribution in [0.2, 0.25) is 0 Å². The molecule has 3 rings (SSSR count). The van der Waals surface area contributed by atoms with Crippen molar-refractivity contribution in [1.29, 1.82) is 0 Å². The van der Waals surface area contributed by atoms with E-state index < -0.39 is 5.97 Å². The molecule has 0 aliphatic heterocycles. The highest BCUT2D eigenvalue weighted by molar-refractivity contribution is 6.02. The van der Waals surface area contributed by atoms with E-state index in [9.17, 15) is 9.59 Å². The molecule has 0 radical (unpaired) electrons. The Kier molecular flexibility index (Phi) is 5.71. The van der Waals surface area contributed by atoms with E-state index >= 15 is 0 Å². The Morgan fingerprint density at radius 1 is 1.00 bits per heavy atom. The minimum Gasteiger partial charge on any atom is -0.459 e. The number of benzene rings is 2. The van der Waals surface area contributed by atoms with Crippen LogP contribution in [-0.4, -0.2) is 11.9 Å². The smallest absolute Gasteiger partial charge is 0.338 e. The number of ether oxygens (including phenoxy) is 1. The van der Waals surface area contributed by atoms with Gasteiger partial charge in [0.1, 0.15) is 6.61 Å². The summed E-state index contributed by atoms with van der Waals surface area (Å²) >= 11 is 0. The summed E-state index contributed by atoms with van der Waals surface area (Å²) in [4.78, 5) is 24.1. The molecule has 1 N–H and O–H groups in total. The van der Waals surface area contributed by atoms with Gasteiger partial charge < -0.3 is 14.5 Å². The third-order valence-electron chi connectivity index (χ3n) is 4.14. The number of carbonyl (C=O) groups excluding carboxylic acids is 2. The van der Waals surface area contributed by atoms with Crippen molar-refractivity contribution in [2.45, 2.75) is 26.4 Å². The Bertz CT molecular complexity index is 895. The average molecular weight is 363 g/mol. The Balaban J connectivity index is 1.55. The summed E-state index contributed by atoms with van der Waals surface area (Å²) in [7, 11) is 0. The predicted molar refractivity (Wildman–Crippen MR) is 103 cm³/mol. The summed E-state index contributed by atoms with van der Waals surface area (Å²) in [5, 5.41) is 2.70. The third-order valence-corrected chi connectivity index (χ3v) is 4.14. The quantitative estimate of drug-likeness (QED) is 0.625. The van der Waals surface area contributed by atoms with Crippen molar-refractivity contribution in [2.24, 2.45) is 0 Å². The van der Waals surface area contributed by atoms with Gasteiger partial charge in [0, 0.05) is 5.69 Å². The molecular weight excluding hydrogens is 342 g/mol.